The number of benzene rings is 1. The molecule has 1 aromatic rings. The summed E-state index contributed by atoms with van der Waals surface area (Å²) < 4.78 is 5.58. The zero-order valence-corrected chi connectivity index (χ0v) is 13.8. The van der Waals surface area contributed by atoms with Crippen LogP contribution in [0.15, 0.2) is 30.3 Å². The SMILES string of the molecule is O=C(CCOc1ccccc1)N[C@H]1CC[C@H]1NC1CCCCC1. The van der Waals surface area contributed by atoms with Crippen molar-refractivity contribution in [3.63, 3.8) is 0 Å². The number of carbonyl (C=O) groups excluding carboxylic acids is 1. The number of ether oxygens (including phenoxy) is 1. The van der Waals surface area contributed by atoms with E-state index in [2.05, 4.69) is 10.6 Å². The van der Waals surface area contributed by atoms with Gasteiger partial charge in [0, 0.05) is 18.1 Å². The summed E-state index contributed by atoms with van der Waals surface area (Å²) in [6.45, 7) is 0.434. The molecule has 0 heterocycles. The van der Waals surface area contributed by atoms with Crippen molar-refractivity contribution in [3.05, 3.63) is 30.3 Å². The van der Waals surface area contributed by atoms with Crippen molar-refractivity contribution < 1.29 is 9.53 Å². The van der Waals surface area contributed by atoms with Crippen LogP contribution in [0.4, 0.5) is 0 Å². The van der Waals surface area contributed by atoms with E-state index in [0.717, 1.165) is 12.2 Å². The Kier molecular flexibility index (Phi) is 5.92. The van der Waals surface area contributed by atoms with Crippen LogP contribution in [0.2, 0.25) is 0 Å². The summed E-state index contributed by atoms with van der Waals surface area (Å²) >= 11 is 0. The van der Waals surface area contributed by atoms with Gasteiger partial charge in [-0.2, -0.15) is 0 Å². The predicted molar refractivity (Wildman–Crippen MR) is 91.5 cm³/mol. The van der Waals surface area contributed by atoms with Crippen molar-refractivity contribution in [1.82, 2.24) is 10.6 Å². The van der Waals surface area contributed by atoms with Gasteiger partial charge < -0.3 is 15.4 Å². The monoisotopic (exact) mass is 316 g/mol. The third-order valence-electron chi connectivity index (χ3n) is 5.02. The first-order chi connectivity index (χ1) is 11.3. The van der Waals surface area contributed by atoms with Crippen LogP contribution in [0.3, 0.4) is 0 Å². The molecule has 0 spiro atoms. The van der Waals surface area contributed by atoms with Crippen molar-refractivity contribution in [2.45, 2.75) is 69.5 Å². The molecule has 0 unspecified atom stereocenters. The van der Waals surface area contributed by atoms with E-state index < -0.39 is 0 Å². The van der Waals surface area contributed by atoms with Crippen LogP contribution < -0.4 is 15.4 Å². The molecule has 1 amide bonds. The van der Waals surface area contributed by atoms with Gasteiger partial charge in [-0.05, 0) is 37.8 Å². The number of hydrogen-bond donors (Lipinski definition) is 2. The molecule has 2 aliphatic carbocycles. The Labute approximate surface area is 139 Å². The van der Waals surface area contributed by atoms with Crippen molar-refractivity contribution in [1.29, 1.82) is 0 Å². The molecule has 2 saturated carbocycles. The van der Waals surface area contributed by atoms with E-state index in [9.17, 15) is 4.79 Å². The Hall–Kier alpha value is -1.55. The summed E-state index contributed by atoms with van der Waals surface area (Å²) in [6.07, 6.45) is 9.35. The summed E-state index contributed by atoms with van der Waals surface area (Å²) in [4.78, 5) is 12.1. The molecule has 0 bridgehead atoms. The van der Waals surface area contributed by atoms with Crippen LogP contribution >= 0.6 is 0 Å². The minimum absolute atomic E-state index is 0.0982. The van der Waals surface area contributed by atoms with Crippen LogP contribution in [0.5, 0.6) is 5.75 Å². The third-order valence-corrected chi connectivity index (χ3v) is 5.02. The molecule has 2 N–H and O–H groups in total. The van der Waals surface area contributed by atoms with Crippen LogP contribution in [0, 0.1) is 0 Å². The van der Waals surface area contributed by atoms with Crippen LogP contribution in [-0.4, -0.2) is 30.6 Å². The van der Waals surface area contributed by atoms with Gasteiger partial charge in [0.2, 0.25) is 5.91 Å². The Morgan fingerprint density at radius 1 is 1.00 bits per heavy atom. The Morgan fingerprint density at radius 2 is 1.74 bits per heavy atom. The van der Waals surface area contributed by atoms with Gasteiger partial charge in [-0.3, -0.25) is 4.79 Å². The highest BCUT2D eigenvalue weighted by atomic mass is 16.5. The number of carbonyl (C=O) groups is 1. The average Bonchev–Trinajstić information content (AvgIpc) is 2.59. The van der Waals surface area contributed by atoms with E-state index in [4.69, 9.17) is 4.74 Å². The van der Waals surface area contributed by atoms with Crippen molar-refractivity contribution in [2.75, 3.05) is 6.61 Å². The van der Waals surface area contributed by atoms with Crippen molar-refractivity contribution in [2.24, 2.45) is 0 Å². The van der Waals surface area contributed by atoms with Crippen LogP contribution in [-0.2, 0) is 4.79 Å². The summed E-state index contributed by atoms with van der Waals surface area (Å²) in [5.41, 5.74) is 0. The maximum Gasteiger partial charge on any atom is 0.223 e. The lowest BCUT2D eigenvalue weighted by Gasteiger charge is -2.41. The second-order valence-electron chi connectivity index (χ2n) is 6.77. The molecule has 0 aromatic heterocycles. The zero-order valence-electron chi connectivity index (χ0n) is 13.8. The van der Waals surface area contributed by atoms with Gasteiger partial charge in [-0.15, -0.1) is 0 Å². The lowest BCUT2D eigenvalue weighted by atomic mass is 9.84. The fraction of sp³-hybridized carbons (Fsp3) is 0.632. The number of para-hydroxylation sites is 1. The molecule has 3 rings (SSSR count). The van der Waals surface area contributed by atoms with Gasteiger partial charge in [0.05, 0.1) is 13.0 Å². The molecule has 4 heteroatoms. The van der Waals surface area contributed by atoms with Crippen molar-refractivity contribution >= 4 is 5.91 Å². The summed E-state index contributed by atoms with van der Waals surface area (Å²) in [5, 5.41) is 6.91. The van der Waals surface area contributed by atoms with E-state index in [1.54, 1.807) is 0 Å². The third kappa shape index (κ3) is 4.96. The second-order valence-corrected chi connectivity index (χ2v) is 6.77. The molecule has 2 atom stereocenters. The molecule has 1 aromatic carbocycles. The van der Waals surface area contributed by atoms with Crippen LogP contribution in [0.25, 0.3) is 0 Å². The minimum atomic E-state index is 0.0982. The number of rotatable bonds is 7. The molecule has 2 fully saturated rings. The highest BCUT2D eigenvalue weighted by Crippen LogP contribution is 2.24. The molecule has 0 saturated heterocycles. The molecule has 4 nitrogen and oxygen atoms in total. The largest absolute Gasteiger partial charge is 0.493 e. The minimum Gasteiger partial charge on any atom is -0.493 e. The topological polar surface area (TPSA) is 50.4 Å². The van der Waals surface area contributed by atoms with Gasteiger partial charge in [-0.1, -0.05) is 37.5 Å². The highest BCUT2D eigenvalue weighted by Gasteiger charge is 2.33. The fourth-order valence-corrected chi connectivity index (χ4v) is 3.50. The van der Waals surface area contributed by atoms with Gasteiger partial charge in [-0.25, -0.2) is 0 Å². The lowest BCUT2D eigenvalue weighted by molar-refractivity contribution is -0.123. The van der Waals surface area contributed by atoms with Gasteiger partial charge >= 0.3 is 0 Å². The first kappa shape index (κ1) is 16.3. The lowest BCUT2D eigenvalue weighted by Crippen LogP contribution is -2.59. The van der Waals surface area contributed by atoms with Crippen molar-refractivity contribution in [3.8, 4) is 5.75 Å². The number of amides is 1. The fourth-order valence-electron chi connectivity index (χ4n) is 3.50. The average molecular weight is 316 g/mol. The molecule has 0 aliphatic heterocycles. The van der Waals surface area contributed by atoms with E-state index in [-0.39, 0.29) is 5.91 Å². The van der Waals surface area contributed by atoms with E-state index in [1.165, 1.54) is 38.5 Å². The molecule has 23 heavy (non-hydrogen) atoms. The Balaban J connectivity index is 1.33. The predicted octanol–water partition coefficient (Wildman–Crippen LogP) is 3.03. The number of hydrogen-bond acceptors (Lipinski definition) is 3. The van der Waals surface area contributed by atoms with Gasteiger partial charge in [0.25, 0.3) is 0 Å². The number of nitrogens with one attached hydrogen (secondary N) is 2. The standard InChI is InChI=1S/C19H28N2O2/c22-19(13-14-23-16-9-5-2-6-10-16)21-18-12-11-17(18)20-15-7-3-1-4-8-15/h2,5-6,9-10,15,17-18,20H,1,3-4,7-8,11-14H2,(H,21,22)/t17-,18+/m1/s1. The van der Waals surface area contributed by atoms with Gasteiger partial charge in [0.15, 0.2) is 0 Å². The molecule has 126 valence electrons. The summed E-state index contributed by atoms with van der Waals surface area (Å²) in [6, 6.07) is 11.1. The molecular formula is C19H28N2O2. The van der Waals surface area contributed by atoms with E-state index in [1.807, 2.05) is 30.3 Å². The maximum atomic E-state index is 12.1. The summed E-state index contributed by atoms with van der Waals surface area (Å²) in [5.74, 6) is 0.918. The Bertz CT molecular complexity index is 485. The van der Waals surface area contributed by atoms with E-state index >= 15 is 0 Å². The quantitative estimate of drug-likeness (QED) is 0.813. The first-order valence-electron chi connectivity index (χ1n) is 9.04. The van der Waals surface area contributed by atoms with E-state index in [0.29, 0.717) is 31.2 Å². The van der Waals surface area contributed by atoms with Crippen LogP contribution in [0.1, 0.15) is 51.4 Å². The smallest absolute Gasteiger partial charge is 0.223 e. The molecular weight excluding hydrogens is 288 g/mol. The zero-order chi connectivity index (χ0) is 15.9. The second kappa shape index (κ2) is 8.34. The maximum absolute atomic E-state index is 12.1. The highest BCUT2D eigenvalue weighted by molar-refractivity contribution is 5.76. The molecule has 0 radical (unpaired) electrons. The summed E-state index contributed by atoms with van der Waals surface area (Å²) in [7, 11) is 0. The Morgan fingerprint density at radius 3 is 2.43 bits per heavy atom. The molecule has 2 aliphatic rings. The first-order valence-corrected chi connectivity index (χ1v) is 9.04. The normalized spacial score (nSPS) is 24.7. The van der Waals surface area contributed by atoms with Gasteiger partial charge in [0.1, 0.15) is 5.75 Å².